The van der Waals surface area contributed by atoms with E-state index in [2.05, 4.69) is 44.9 Å². The number of allylic oxidation sites excluding steroid dienone is 2. The van der Waals surface area contributed by atoms with Gasteiger partial charge in [0.15, 0.2) is 0 Å². The molecule has 10 heteroatoms. The Bertz CT molecular complexity index is 1800. The number of halogens is 1. The van der Waals surface area contributed by atoms with Gasteiger partial charge in [0.25, 0.3) is 0 Å². The molecular weight excluding hydrogens is 706 g/mol. The fourth-order valence-corrected chi connectivity index (χ4v) is 7.52. The maximum absolute atomic E-state index is 13.7. The van der Waals surface area contributed by atoms with Gasteiger partial charge in [0.05, 0.1) is 36.3 Å². The van der Waals surface area contributed by atoms with E-state index in [-0.39, 0.29) is 16.8 Å². The zero-order valence-electron chi connectivity index (χ0n) is 27.2. The van der Waals surface area contributed by atoms with Crippen molar-refractivity contribution in [3.8, 4) is 11.1 Å². The third kappa shape index (κ3) is 10.2. The van der Waals surface area contributed by atoms with Crippen molar-refractivity contribution < 1.29 is 32.2 Å². The van der Waals surface area contributed by atoms with Crippen LogP contribution < -0.4 is 4.72 Å². The second-order valence-electron chi connectivity index (χ2n) is 11.9. The van der Waals surface area contributed by atoms with Gasteiger partial charge >= 0.3 is 11.9 Å². The summed E-state index contributed by atoms with van der Waals surface area (Å²) in [4.78, 5) is 24.9. The number of ether oxygens (including phenoxy) is 3. The molecule has 1 aliphatic rings. The van der Waals surface area contributed by atoms with Crippen LogP contribution in [0.2, 0.25) is 0 Å². The quantitative estimate of drug-likeness (QED) is 0.0750. The lowest BCUT2D eigenvalue weighted by molar-refractivity contribution is -0.140. The summed E-state index contributed by atoms with van der Waals surface area (Å²) in [6.45, 7) is 0.296. The Labute approximate surface area is 296 Å². The van der Waals surface area contributed by atoms with Crippen LogP contribution in [0.1, 0.15) is 48.0 Å². The highest BCUT2D eigenvalue weighted by atomic mass is 79.9. The minimum absolute atomic E-state index is 0.101. The van der Waals surface area contributed by atoms with Crippen LogP contribution in [0.25, 0.3) is 11.1 Å². The molecule has 0 amide bonds. The second kappa shape index (κ2) is 17.5. The molecule has 49 heavy (non-hydrogen) atoms. The monoisotopic (exact) mass is 745 g/mol. The lowest BCUT2D eigenvalue weighted by atomic mass is 9.97. The molecule has 1 fully saturated rings. The van der Waals surface area contributed by atoms with E-state index in [4.69, 9.17) is 14.2 Å². The van der Waals surface area contributed by atoms with E-state index < -0.39 is 34.2 Å². The third-order valence-corrected chi connectivity index (χ3v) is 10.6. The van der Waals surface area contributed by atoms with Crippen LogP contribution in [0.4, 0.5) is 0 Å². The number of sulfonamides is 1. The summed E-state index contributed by atoms with van der Waals surface area (Å²) >= 11 is 3.36. The molecular formula is C39H40BrNO7S. The van der Waals surface area contributed by atoms with Crippen molar-refractivity contribution in [3.05, 3.63) is 137 Å². The normalized spacial score (nSPS) is 19.1. The zero-order valence-corrected chi connectivity index (χ0v) is 29.6. The molecule has 4 atom stereocenters. The van der Waals surface area contributed by atoms with Crippen LogP contribution >= 0.6 is 15.9 Å². The van der Waals surface area contributed by atoms with Gasteiger partial charge in [0.1, 0.15) is 6.10 Å². The fourth-order valence-electron chi connectivity index (χ4n) is 5.94. The maximum atomic E-state index is 13.7. The molecule has 4 aromatic rings. The molecule has 0 aromatic heterocycles. The highest BCUT2D eigenvalue weighted by Gasteiger charge is 2.47. The highest BCUT2D eigenvalue weighted by Crippen LogP contribution is 2.36. The molecule has 0 spiro atoms. The molecule has 8 nitrogen and oxygen atoms in total. The fraction of sp³-hybridized carbons (Fsp3) is 0.282. The SMILES string of the molecule is COC(=O)CCCC=CC[C@@H]1[C@@H](NS(=O)(=O)c2ccc(Br)cc2)[C@H](OC(=O)c2ccccc2)C[C@@H]1OCc1ccc(-c2ccccc2)cc1. The number of benzene rings is 4. The molecule has 0 aliphatic heterocycles. The average Bonchev–Trinajstić information content (AvgIpc) is 3.43. The predicted molar refractivity (Wildman–Crippen MR) is 192 cm³/mol. The molecule has 0 unspecified atom stereocenters. The number of rotatable bonds is 15. The van der Waals surface area contributed by atoms with Crippen molar-refractivity contribution in [2.24, 2.45) is 5.92 Å². The largest absolute Gasteiger partial charge is 0.469 e. The van der Waals surface area contributed by atoms with Crippen molar-refractivity contribution in [2.45, 2.75) is 61.9 Å². The molecule has 5 rings (SSSR count). The van der Waals surface area contributed by atoms with E-state index in [1.807, 2.05) is 48.6 Å². The molecule has 0 heterocycles. The topological polar surface area (TPSA) is 108 Å². The summed E-state index contributed by atoms with van der Waals surface area (Å²) in [5, 5.41) is 0. The van der Waals surface area contributed by atoms with Crippen molar-refractivity contribution in [1.29, 1.82) is 0 Å². The highest BCUT2D eigenvalue weighted by molar-refractivity contribution is 9.10. The van der Waals surface area contributed by atoms with Crippen molar-refractivity contribution in [1.82, 2.24) is 4.72 Å². The van der Waals surface area contributed by atoms with Crippen LogP contribution in [0.15, 0.2) is 131 Å². The lowest BCUT2D eigenvalue weighted by Gasteiger charge is -2.27. The first-order chi connectivity index (χ1) is 23.7. The Balaban J connectivity index is 1.39. The van der Waals surface area contributed by atoms with Gasteiger partial charge in [-0.3, -0.25) is 4.79 Å². The van der Waals surface area contributed by atoms with Crippen LogP contribution in [-0.2, 0) is 35.6 Å². The smallest absolute Gasteiger partial charge is 0.338 e. The summed E-state index contributed by atoms with van der Waals surface area (Å²) in [5.41, 5.74) is 3.55. The van der Waals surface area contributed by atoms with Gasteiger partial charge in [-0.2, -0.15) is 0 Å². The first kappa shape index (κ1) is 36.2. The Morgan fingerprint density at radius 2 is 1.49 bits per heavy atom. The van der Waals surface area contributed by atoms with Crippen molar-refractivity contribution in [2.75, 3.05) is 7.11 Å². The van der Waals surface area contributed by atoms with Crippen molar-refractivity contribution >= 4 is 37.9 Å². The van der Waals surface area contributed by atoms with E-state index in [0.29, 0.717) is 44.3 Å². The van der Waals surface area contributed by atoms with Gasteiger partial charge in [-0.25, -0.2) is 17.9 Å². The van der Waals surface area contributed by atoms with Gasteiger partial charge < -0.3 is 14.2 Å². The molecule has 0 bridgehead atoms. The molecule has 1 N–H and O–H groups in total. The standard InChI is InChI=1S/C39H40BrNO7S/c1-46-37(42)17-11-3-2-10-16-34-35(47-27-28-18-20-30(21-19-28)29-12-6-4-7-13-29)26-36(48-39(43)31-14-8-5-9-15-31)38(34)41-49(44,45)33-24-22-32(40)23-25-33/h2,4-10,12-15,18-25,34-36,38,41H,3,11,16-17,26-27H2,1H3/t34-,35-,36+,38+/m0/s1. The molecule has 1 saturated carbocycles. The third-order valence-electron chi connectivity index (χ3n) is 8.57. The van der Waals surface area contributed by atoms with Gasteiger partial charge in [0.2, 0.25) is 10.0 Å². The van der Waals surface area contributed by atoms with Gasteiger partial charge in [0, 0.05) is 23.2 Å². The summed E-state index contributed by atoms with van der Waals surface area (Å²) in [6, 6.07) is 32.5. The molecule has 4 aromatic carbocycles. The Morgan fingerprint density at radius 3 is 2.16 bits per heavy atom. The maximum Gasteiger partial charge on any atom is 0.338 e. The van der Waals surface area contributed by atoms with Crippen LogP contribution in [0, 0.1) is 5.92 Å². The molecule has 0 radical (unpaired) electrons. The van der Waals surface area contributed by atoms with E-state index in [9.17, 15) is 18.0 Å². The molecule has 256 valence electrons. The van der Waals surface area contributed by atoms with Crippen LogP contribution in [-0.4, -0.2) is 45.7 Å². The summed E-state index contributed by atoms with van der Waals surface area (Å²) in [7, 11) is -2.63. The number of methoxy groups -OCH3 is 1. The number of hydrogen-bond donors (Lipinski definition) is 1. The number of hydrogen-bond acceptors (Lipinski definition) is 7. The van der Waals surface area contributed by atoms with Crippen LogP contribution in [0.3, 0.4) is 0 Å². The Hall–Kier alpha value is -4.09. The number of esters is 2. The number of carbonyl (C=O) groups excluding carboxylic acids is 2. The second-order valence-corrected chi connectivity index (χ2v) is 14.5. The first-order valence-electron chi connectivity index (χ1n) is 16.2. The first-order valence-corrected chi connectivity index (χ1v) is 18.5. The van der Waals surface area contributed by atoms with E-state index in [1.54, 1.807) is 36.4 Å². The van der Waals surface area contributed by atoms with E-state index in [1.165, 1.54) is 19.2 Å². The van der Waals surface area contributed by atoms with E-state index >= 15 is 0 Å². The van der Waals surface area contributed by atoms with E-state index in [0.717, 1.165) is 21.2 Å². The number of nitrogens with one attached hydrogen (secondary N) is 1. The minimum atomic E-state index is -3.99. The molecule has 1 aliphatic carbocycles. The summed E-state index contributed by atoms with van der Waals surface area (Å²) in [6.07, 6.45) is 5.10. The average molecular weight is 747 g/mol. The number of carbonyl (C=O) groups is 2. The predicted octanol–water partition coefficient (Wildman–Crippen LogP) is 7.88. The van der Waals surface area contributed by atoms with Crippen molar-refractivity contribution in [3.63, 3.8) is 0 Å². The zero-order chi connectivity index (χ0) is 34.6. The number of unbranched alkanes of at least 4 members (excludes halogenated alkanes) is 1. The van der Waals surface area contributed by atoms with Gasteiger partial charge in [-0.1, -0.05) is 101 Å². The van der Waals surface area contributed by atoms with Gasteiger partial charge in [-0.15, -0.1) is 0 Å². The minimum Gasteiger partial charge on any atom is -0.469 e. The molecule has 0 saturated heterocycles. The summed E-state index contributed by atoms with van der Waals surface area (Å²) < 4.78 is 48.4. The lowest BCUT2D eigenvalue weighted by Crippen LogP contribution is -2.46. The Kier molecular flexibility index (Phi) is 13.0. The van der Waals surface area contributed by atoms with Gasteiger partial charge in [-0.05, 0) is 72.4 Å². The summed E-state index contributed by atoms with van der Waals surface area (Å²) in [5.74, 6) is -1.16. The Morgan fingerprint density at radius 1 is 0.837 bits per heavy atom. The van der Waals surface area contributed by atoms with Crippen LogP contribution in [0.5, 0.6) is 0 Å².